The smallest absolute Gasteiger partial charge is 0.147 e. The zero-order valence-electron chi connectivity index (χ0n) is 11.5. The van der Waals surface area contributed by atoms with Crippen molar-refractivity contribution >= 4 is 5.82 Å². The molecule has 100 valence electrons. The molecule has 0 aliphatic carbocycles. The number of likely N-dealkylation sites (tertiary alicyclic amines) is 1. The van der Waals surface area contributed by atoms with E-state index in [0.29, 0.717) is 0 Å². The molecule has 1 fully saturated rings. The van der Waals surface area contributed by atoms with E-state index in [-0.39, 0.29) is 0 Å². The van der Waals surface area contributed by atoms with Crippen LogP contribution in [-0.2, 0) is 0 Å². The predicted octanol–water partition coefficient (Wildman–Crippen LogP) is 2.46. The van der Waals surface area contributed by atoms with Gasteiger partial charge in [-0.1, -0.05) is 6.42 Å². The van der Waals surface area contributed by atoms with Gasteiger partial charge in [0.25, 0.3) is 0 Å². The van der Waals surface area contributed by atoms with Crippen LogP contribution >= 0.6 is 0 Å². The molecular formula is C14H24N4. The van der Waals surface area contributed by atoms with Gasteiger partial charge < -0.3 is 10.2 Å². The summed E-state index contributed by atoms with van der Waals surface area (Å²) in [4.78, 5) is 11.1. The van der Waals surface area contributed by atoms with Crippen LogP contribution in [-0.4, -0.2) is 40.5 Å². The van der Waals surface area contributed by atoms with Gasteiger partial charge in [0.05, 0.1) is 5.69 Å². The summed E-state index contributed by atoms with van der Waals surface area (Å²) < 4.78 is 0. The third-order valence-corrected chi connectivity index (χ3v) is 3.74. The fraction of sp³-hybridized carbons (Fsp3) is 0.714. The first kappa shape index (κ1) is 13.3. The van der Waals surface area contributed by atoms with Crippen LogP contribution in [0.25, 0.3) is 0 Å². The molecule has 0 radical (unpaired) electrons. The number of aryl methyl sites for hydroxylation is 1. The summed E-state index contributed by atoms with van der Waals surface area (Å²) >= 11 is 0. The zero-order chi connectivity index (χ0) is 12.8. The SMILES string of the molecule is Cc1nccnc1NCCCN1CCCCC1C. The Hall–Kier alpha value is -1.16. The Kier molecular flexibility index (Phi) is 4.93. The normalized spacial score (nSPS) is 20.9. The molecule has 0 bridgehead atoms. The molecule has 4 heteroatoms. The van der Waals surface area contributed by atoms with Gasteiger partial charge in [-0.3, -0.25) is 4.98 Å². The molecule has 1 saturated heterocycles. The number of anilines is 1. The fourth-order valence-electron chi connectivity index (χ4n) is 2.56. The Balaban J connectivity index is 1.68. The summed E-state index contributed by atoms with van der Waals surface area (Å²) in [6.45, 7) is 7.77. The molecule has 0 amide bonds. The monoisotopic (exact) mass is 248 g/mol. The molecule has 2 rings (SSSR count). The average molecular weight is 248 g/mol. The third kappa shape index (κ3) is 3.67. The van der Waals surface area contributed by atoms with Gasteiger partial charge in [-0.25, -0.2) is 4.98 Å². The molecule has 1 unspecified atom stereocenters. The lowest BCUT2D eigenvalue weighted by Gasteiger charge is -2.33. The topological polar surface area (TPSA) is 41.1 Å². The largest absolute Gasteiger partial charge is 0.369 e. The molecule has 1 aromatic heterocycles. The van der Waals surface area contributed by atoms with Gasteiger partial charge in [0.1, 0.15) is 5.82 Å². The molecule has 1 N–H and O–H groups in total. The quantitative estimate of drug-likeness (QED) is 0.813. The molecule has 2 heterocycles. The second kappa shape index (κ2) is 6.69. The molecule has 0 spiro atoms. The van der Waals surface area contributed by atoms with Crippen molar-refractivity contribution in [3.05, 3.63) is 18.1 Å². The number of hydrogen-bond donors (Lipinski definition) is 1. The Labute approximate surface area is 110 Å². The summed E-state index contributed by atoms with van der Waals surface area (Å²) in [6, 6.07) is 0.761. The molecule has 18 heavy (non-hydrogen) atoms. The lowest BCUT2D eigenvalue weighted by Crippen LogP contribution is -2.38. The van der Waals surface area contributed by atoms with E-state index in [4.69, 9.17) is 0 Å². The minimum absolute atomic E-state index is 0.761. The molecule has 4 nitrogen and oxygen atoms in total. The maximum Gasteiger partial charge on any atom is 0.147 e. The summed E-state index contributed by atoms with van der Waals surface area (Å²) in [7, 11) is 0. The van der Waals surface area contributed by atoms with Crippen molar-refractivity contribution in [2.45, 2.75) is 45.6 Å². The molecule has 0 aromatic carbocycles. The number of aromatic nitrogens is 2. The van der Waals surface area contributed by atoms with Crippen LogP contribution in [0.15, 0.2) is 12.4 Å². The highest BCUT2D eigenvalue weighted by Gasteiger charge is 2.16. The lowest BCUT2D eigenvalue weighted by molar-refractivity contribution is 0.160. The van der Waals surface area contributed by atoms with E-state index in [1.54, 1.807) is 12.4 Å². The predicted molar refractivity (Wildman–Crippen MR) is 74.8 cm³/mol. The summed E-state index contributed by atoms with van der Waals surface area (Å²) in [5, 5.41) is 3.37. The van der Waals surface area contributed by atoms with Gasteiger partial charge in [0.2, 0.25) is 0 Å². The van der Waals surface area contributed by atoms with Gasteiger partial charge in [-0.05, 0) is 39.7 Å². The second-order valence-corrected chi connectivity index (χ2v) is 5.15. The van der Waals surface area contributed by atoms with Crippen molar-refractivity contribution in [3.63, 3.8) is 0 Å². The van der Waals surface area contributed by atoms with E-state index in [9.17, 15) is 0 Å². The highest BCUT2D eigenvalue weighted by molar-refractivity contribution is 5.37. The van der Waals surface area contributed by atoms with E-state index < -0.39 is 0 Å². The first-order chi connectivity index (χ1) is 8.77. The lowest BCUT2D eigenvalue weighted by atomic mass is 10.0. The summed E-state index contributed by atoms with van der Waals surface area (Å²) in [5.74, 6) is 0.921. The second-order valence-electron chi connectivity index (χ2n) is 5.15. The Bertz CT molecular complexity index is 367. The maximum absolute atomic E-state index is 4.29. The molecule has 1 aliphatic heterocycles. The minimum Gasteiger partial charge on any atom is -0.369 e. The highest BCUT2D eigenvalue weighted by atomic mass is 15.2. The zero-order valence-corrected chi connectivity index (χ0v) is 11.5. The average Bonchev–Trinajstić information content (AvgIpc) is 2.38. The molecule has 1 atom stereocenters. The van der Waals surface area contributed by atoms with E-state index in [2.05, 4.69) is 27.1 Å². The van der Waals surface area contributed by atoms with Crippen molar-refractivity contribution in [1.29, 1.82) is 0 Å². The van der Waals surface area contributed by atoms with Gasteiger partial charge in [-0.15, -0.1) is 0 Å². The van der Waals surface area contributed by atoms with Crippen LogP contribution in [0.4, 0.5) is 5.82 Å². The Morgan fingerprint density at radius 2 is 2.17 bits per heavy atom. The molecule has 1 aromatic rings. The van der Waals surface area contributed by atoms with Crippen molar-refractivity contribution < 1.29 is 0 Å². The first-order valence-corrected chi connectivity index (χ1v) is 7.03. The Morgan fingerprint density at radius 3 is 2.94 bits per heavy atom. The number of rotatable bonds is 5. The van der Waals surface area contributed by atoms with Crippen LogP contribution in [0.3, 0.4) is 0 Å². The van der Waals surface area contributed by atoms with E-state index in [1.165, 1.54) is 38.8 Å². The van der Waals surface area contributed by atoms with Crippen molar-refractivity contribution in [2.75, 3.05) is 25.0 Å². The van der Waals surface area contributed by atoms with Gasteiger partial charge in [0.15, 0.2) is 0 Å². The van der Waals surface area contributed by atoms with Gasteiger partial charge >= 0.3 is 0 Å². The van der Waals surface area contributed by atoms with Crippen LogP contribution in [0.1, 0.15) is 38.3 Å². The van der Waals surface area contributed by atoms with Crippen molar-refractivity contribution in [3.8, 4) is 0 Å². The first-order valence-electron chi connectivity index (χ1n) is 7.03. The Morgan fingerprint density at radius 1 is 1.33 bits per heavy atom. The minimum atomic E-state index is 0.761. The van der Waals surface area contributed by atoms with Gasteiger partial charge in [-0.2, -0.15) is 0 Å². The van der Waals surface area contributed by atoms with Crippen molar-refractivity contribution in [2.24, 2.45) is 0 Å². The van der Waals surface area contributed by atoms with E-state index in [0.717, 1.165) is 24.1 Å². The number of piperidine rings is 1. The highest BCUT2D eigenvalue weighted by Crippen LogP contribution is 2.16. The number of hydrogen-bond acceptors (Lipinski definition) is 4. The van der Waals surface area contributed by atoms with E-state index in [1.807, 2.05) is 6.92 Å². The van der Waals surface area contributed by atoms with Crippen LogP contribution in [0, 0.1) is 6.92 Å². The third-order valence-electron chi connectivity index (χ3n) is 3.74. The maximum atomic E-state index is 4.29. The van der Waals surface area contributed by atoms with E-state index >= 15 is 0 Å². The molecule has 1 aliphatic rings. The summed E-state index contributed by atoms with van der Waals surface area (Å²) in [5.41, 5.74) is 0.976. The number of nitrogens with zero attached hydrogens (tertiary/aromatic N) is 3. The molecule has 0 saturated carbocycles. The van der Waals surface area contributed by atoms with Crippen molar-refractivity contribution in [1.82, 2.24) is 14.9 Å². The van der Waals surface area contributed by atoms with Crippen LogP contribution in [0.2, 0.25) is 0 Å². The number of nitrogens with one attached hydrogen (secondary N) is 1. The van der Waals surface area contributed by atoms with Gasteiger partial charge in [0, 0.05) is 31.5 Å². The standard InChI is InChI=1S/C14H24N4/c1-12-6-3-4-10-18(12)11-5-7-16-14-13(2)15-8-9-17-14/h8-9,12H,3-7,10-11H2,1-2H3,(H,16,17). The summed E-state index contributed by atoms with van der Waals surface area (Å²) in [6.07, 6.45) is 8.75. The van der Waals surface area contributed by atoms with Crippen LogP contribution < -0.4 is 5.32 Å². The molecular weight excluding hydrogens is 224 g/mol. The van der Waals surface area contributed by atoms with Crippen LogP contribution in [0.5, 0.6) is 0 Å². The fourth-order valence-corrected chi connectivity index (χ4v) is 2.56.